The minimum Gasteiger partial charge on any atom is -0.497 e. The number of rotatable bonds is 9. The monoisotopic (exact) mass is 399 g/mol. The molecule has 3 amide bonds. The van der Waals surface area contributed by atoms with Crippen molar-refractivity contribution in [3.05, 3.63) is 65.7 Å². The fraction of sp³-hybridized carbons (Fsp3) is 0.286. The van der Waals surface area contributed by atoms with Gasteiger partial charge in [0, 0.05) is 6.42 Å². The fourth-order valence-electron chi connectivity index (χ4n) is 2.50. The number of nitrogens with two attached hydrogens (primary N) is 1. The van der Waals surface area contributed by atoms with Gasteiger partial charge in [-0.3, -0.25) is 9.59 Å². The summed E-state index contributed by atoms with van der Waals surface area (Å²) >= 11 is 0. The van der Waals surface area contributed by atoms with Gasteiger partial charge in [-0.1, -0.05) is 42.5 Å². The van der Waals surface area contributed by atoms with Crippen LogP contribution in [0.15, 0.2) is 54.6 Å². The van der Waals surface area contributed by atoms with E-state index in [0.29, 0.717) is 5.75 Å². The van der Waals surface area contributed by atoms with Crippen LogP contribution in [-0.2, 0) is 27.4 Å². The van der Waals surface area contributed by atoms with Crippen molar-refractivity contribution in [1.29, 1.82) is 0 Å². The van der Waals surface area contributed by atoms with Crippen LogP contribution >= 0.6 is 0 Å². The van der Waals surface area contributed by atoms with Crippen LogP contribution in [0.4, 0.5) is 4.79 Å². The maximum Gasteiger partial charge on any atom is 0.408 e. The first-order valence-electron chi connectivity index (χ1n) is 9.09. The second-order valence-electron chi connectivity index (χ2n) is 6.44. The highest BCUT2D eigenvalue weighted by atomic mass is 16.5. The Hall–Kier alpha value is -3.55. The Bertz CT molecular complexity index is 824. The molecule has 2 atom stereocenters. The van der Waals surface area contributed by atoms with Crippen molar-refractivity contribution in [2.75, 3.05) is 7.11 Å². The molecule has 0 bridgehead atoms. The molecule has 0 fully saturated rings. The first-order valence-corrected chi connectivity index (χ1v) is 9.09. The van der Waals surface area contributed by atoms with Crippen LogP contribution < -0.4 is 21.1 Å². The van der Waals surface area contributed by atoms with E-state index in [-0.39, 0.29) is 13.0 Å². The van der Waals surface area contributed by atoms with Gasteiger partial charge in [-0.25, -0.2) is 4.79 Å². The number of nitrogens with one attached hydrogen (secondary N) is 2. The van der Waals surface area contributed by atoms with Gasteiger partial charge in [0.15, 0.2) is 0 Å². The van der Waals surface area contributed by atoms with E-state index in [1.807, 2.05) is 30.3 Å². The van der Waals surface area contributed by atoms with E-state index in [4.69, 9.17) is 15.2 Å². The van der Waals surface area contributed by atoms with E-state index in [0.717, 1.165) is 11.1 Å². The minimum absolute atomic E-state index is 0.0349. The quantitative estimate of drug-likeness (QED) is 0.591. The van der Waals surface area contributed by atoms with Gasteiger partial charge in [0.25, 0.3) is 0 Å². The molecule has 8 nitrogen and oxygen atoms in total. The van der Waals surface area contributed by atoms with Crippen LogP contribution in [0.3, 0.4) is 0 Å². The van der Waals surface area contributed by atoms with Gasteiger partial charge in [0.05, 0.1) is 7.11 Å². The zero-order chi connectivity index (χ0) is 21.2. The summed E-state index contributed by atoms with van der Waals surface area (Å²) in [6.07, 6.45) is -0.515. The lowest BCUT2D eigenvalue weighted by molar-refractivity contribution is -0.128. The molecule has 0 saturated carbocycles. The fourth-order valence-corrected chi connectivity index (χ4v) is 2.50. The summed E-state index contributed by atoms with van der Waals surface area (Å²) in [5.74, 6) is -0.498. The molecular weight excluding hydrogens is 374 g/mol. The first-order chi connectivity index (χ1) is 13.9. The molecule has 0 radical (unpaired) electrons. The highest BCUT2D eigenvalue weighted by Crippen LogP contribution is 2.12. The topological polar surface area (TPSA) is 120 Å². The van der Waals surface area contributed by atoms with Crippen molar-refractivity contribution in [3.8, 4) is 5.75 Å². The van der Waals surface area contributed by atoms with Gasteiger partial charge >= 0.3 is 6.09 Å². The van der Waals surface area contributed by atoms with Crippen LogP contribution in [0.5, 0.6) is 5.75 Å². The lowest BCUT2D eigenvalue weighted by Crippen LogP contribution is -2.52. The van der Waals surface area contributed by atoms with Crippen LogP contribution in [0.2, 0.25) is 0 Å². The summed E-state index contributed by atoms with van der Waals surface area (Å²) in [6, 6.07) is 14.5. The van der Waals surface area contributed by atoms with E-state index >= 15 is 0 Å². The molecule has 0 heterocycles. The van der Waals surface area contributed by atoms with Gasteiger partial charge in [-0.05, 0) is 30.2 Å². The summed E-state index contributed by atoms with van der Waals surface area (Å²) in [5, 5.41) is 5.05. The number of alkyl carbamates (subject to hydrolysis) is 1. The van der Waals surface area contributed by atoms with E-state index < -0.39 is 30.0 Å². The molecule has 4 N–H and O–H groups in total. The summed E-state index contributed by atoms with van der Waals surface area (Å²) in [7, 11) is 1.57. The third-order valence-corrected chi connectivity index (χ3v) is 4.21. The Kier molecular flexibility index (Phi) is 8.02. The molecule has 2 aromatic carbocycles. The van der Waals surface area contributed by atoms with E-state index in [2.05, 4.69) is 10.6 Å². The number of amides is 3. The Labute approximate surface area is 169 Å². The second-order valence-corrected chi connectivity index (χ2v) is 6.44. The van der Waals surface area contributed by atoms with Gasteiger partial charge in [-0.15, -0.1) is 0 Å². The number of carbonyl (C=O) groups excluding carboxylic acids is 3. The predicted octanol–water partition coefficient (Wildman–Crippen LogP) is 1.52. The molecular formula is C21H25N3O5. The molecule has 0 aromatic heterocycles. The summed E-state index contributed by atoms with van der Waals surface area (Å²) in [6.45, 7) is 1.51. The average molecular weight is 399 g/mol. The minimum atomic E-state index is -0.928. The largest absolute Gasteiger partial charge is 0.497 e. The van der Waals surface area contributed by atoms with Gasteiger partial charge < -0.3 is 25.8 Å². The molecule has 0 spiro atoms. The molecule has 8 heteroatoms. The normalized spacial score (nSPS) is 12.3. The zero-order valence-corrected chi connectivity index (χ0v) is 16.4. The molecule has 0 aliphatic heterocycles. The van der Waals surface area contributed by atoms with Crippen molar-refractivity contribution in [1.82, 2.24) is 10.6 Å². The summed E-state index contributed by atoms with van der Waals surface area (Å²) in [5.41, 5.74) is 6.81. The highest BCUT2D eigenvalue weighted by molar-refractivity contribution is 5.90. The second kappa shape index (κ2) is 10.7. The Balaban J connectivity index is 1.99. The van der Waals surface area contributed by atoms with Crippen molar-refractivity contribution in [3.63, 3.8) is 0 Å². The van der Waals surface area contributed by atoms with Crippen LogP contribution in [0, 0.1) is 0 Å². The number of hydrogen-bond acceptors (Lipinski definition) is 5. The zero-order valence-electron chi connectivity index (χ0n) is 16.4. The number of carbonyl (C=O) groups is 3. The highest BCUT2D eigenvalue weighted by Gasteiger charge is 2.24. The van der Waals surface area contributed by atoms with Crippen molar-refractivity contribution in [2.45, 2.75) is 32.0 Å². The van der Waals surface area contributed by atoms with Crippen LogP contribution in [-0.4, -0.2) is 37.1 Å². The van der Waals surface area contributed by atoms with Crippen molar-refractivity contribution >= 4 is 17.9 Å². The number of ether oxygens (including phenoxy) is 2. The van der Waals surface area contributed by atoms with Crippen LogP contribution in [0.25, 0.3) is 0 Å². The maximum absolute atomic E-state index is 12.5. The average Bonchev–Trinajstić information content (AvgIpc) is 2.72. The first kappa shape index (κ1) is 21.7. The van der Waals surface area contributed by atoms with Gasteiger partial charge in [0.2, 0.25) is 11.8 Å². The third-order valence-electron chi connectivity index (χ3n) is 4.21. The van der Waals surface area contributed by atoms with Gasteiger partial charge in [-0.2, -0.15) is 0 Å². The molecule has 2 aromatic rings. The summed E-state index contributed by atoms with van der Waals surface area (Å²) in [4.78, 5) is 36.0. The van der Waals surface area contributed by atoms with Gasteiger partial charge in [0.1, 0.15) is 24.4 Å². The number of hydrogen-bond donors (Lipinski definition) is 3. The summed E-state index contributed by atoms with van der Waals surface area (Å²) < 4.78 is 10.3. The Morgan fingerprint density at radius 3 is 2.21 bits per heavy atom. The van der Waals surface area contributed by atoms with E-state index in [9.17, 15) is 14.4 Å². The van der Waals surface area contributed by atoms with E-state index in [1.165, 1.54) is 6.92 Å². The Morgan fingerprint density at radius 1 is 0.966 bits per heavy atom. The maximum atomic E-state index is 12.5. The van der Waals surface area contributed by atoms with Crippen LogP contribution in [0.1, 0.15) is 18.1 Å². The molecule has 154 valence electrons. The predicted molar refractivity (Wildman–Crippen MR) is 107 cm³/mol. The number of methoxy groups -OCH3 is 1. The smallest absolute Gasteiger partial charge is 0.408 e. The lowest BCUT2D eigenvalue weighted by atomic mass is 10.1. The SMILES string of the molecule is COc1ccc(COC(=O)N[C@@H](Cc2ccccc2)C(=O)N[C@@H](C)C(N)=O)cc1. The molecule has 2 rings (SSSR count). The molecule has 0 saturated heterocycles. The molecule has 0 aliphatic carbocycles. The molecule has 29 heavy (non-hydrogen) atoms. The standard InChI is InChI=1S/C21H25N3O5/c1-14(19(22)25)23-20(26)18(12-15-6-4-3-5-7-15)24-21(27)29-13-16-8-10-17(28-2)11-9-16/h3-11,14,18H,12-13H2,1-2H3,(H2,22,25)(H,23,26)(H,24,27)/t14-,18-/m0/s1. The number of benzene rings is 2. The number of primary amides is 1. The molecule has 0 aliphatic rings. The lowest BCUT2D eigenvalue weighted by Gasteiger charge is -2.20. The third kappa shape index (κ3) is 7.17. The molecule has 0 unspecified atom stereocenters. The van der Waals surface area contributed by atoms with Crippen molar-refractivity contribution < 1.29 is 23.9 Å². The Morgan fingerprint density at radius 2 is 1.62 bits per heavy atom. The van der Waals surface area contributed by atoms with Crippen molar-refractivity contribution in [2.24, 2.45) is 5.73 Å². The van der Waals surface area contributed by atoms with E-state index in [1.54, 1.807) is 31.4 Å².